The van der Waals surface area contributed by atoms with Gasteiger partial charge in [-0.25, -0.2) is 0 Å². The largest absolute Gasteiger partial charge is 0.467 e. The minimum absolute atomic E-state index is 0.327. The van der Waals surface area contributed by atoms with E-state index in [0.717, 1.165) is 32.7 Å². The number of methoxy groups -OCH3 is 1. The van der Waals surface area contributed by atoms with Crippen LogP contribution in [0.1, 0.15) is 6.92 Å². The molecule has 112 valence electrons. The quantitative estimate of drug-likeness (QED) is 0.765. The van der Waals surface area contributed by atoms with Crippen LogP contribution < -0.4 is 15.4 Å². The van der Waals surface area contributed by atoms with Crippen LogP contribution in [0.5, 0.6) is 6.01 Å². The Morgan fingerprint density at radius 2 is 1.85 bits per heavy atom. The van der Waals surface area contributed by atoms with Crippen molar-refractivity contribution in [1.82, 2.24) is 19.9 Å². The van der Waals surface area contributed by atoms with E-state index in [2.05, 4.69) is 30.5 Å². The molecule has 1 aromatic heterocycles. The van der Waals surface area contributed by atoms with Gasteiger partial charge >= 0.3 is 6.01 Å². The highest BCUT2D eigenvalue weighted by molar-refractivity contribution is 7.99. The fraction of sp³-hybridized carbons (Fsp3) is 0.750. The normalized spacial score (nSPS) is 15.9. The van der Waals surface area contributed by atoms with Gasteiger partial charge in [-0.05, 0) is 6.92 Å². The first-order valence-electron chi connectivity index (χ1n) is 6.89. The molecule has 0 unspecified atom stereocenters. The van der Waals surface area contributed by atoms with Gasteiger partial charge in [0.1, 0.15) is 0 Å². The molecule has 0 aromatic carbocycles. The van der Waals surface area contributed by atoms with Gasteiger partial charge in [-0.3, -0.25) is 4.90 Å². The molecule has 0 amide bonds. The first-order chi connectivity index (χ1) is 9.81. The summed E-state index contributed by atoms with van der Waals surface area (Å²) in [5, 5.41) is 6.30. The van der Waals surface area contributed by atoms with Crippen LogP contribution >= 0.6 is 11.8 Å². The highest BCUT2D eigenvalue weighted by Gasteiger charge is 2.10. The average Bonchev–Trinajstić information content (AvgIpc) is 2.48. The molecule has 0 saturated carbocycles. The summed E-state index contributed by atoms with van der Waals surface area (Å²) < 4.78 is 5.08. The molecule has 1 aromatic rings. The zero-order valence-corrected chi connectivity index (χ0v) is 12.9. The number of hydrogen-bond acceptors (Lipinski definition) is 8. The van der Waals surface area contributed by atoms with Crippen molar-refractivity contribution in [3.63, 3.8) is 0 Å². The second kappa shape index (κ2) is 8.11. The molecule has 0 aliphatic carbocycles. The third kappa shape index (κ3) is 4.68. The third-order valence-corrected chi connectivity index (χ3v) is 3.89. The van der Waals surface area contributed by atoms with Crippen LogP contribution in [0.4, 0.5) is 11.9 Å². The van der Waals surface area contributed by atoms with Crippen LogP contribution in [-0.2, 0) is 0 Å². The maximum Gasteiger partial charge on any atom is 0.322 e. The van der Waals surface area contributed by atoms with E-state index in [-0.39, 0.29) is 0 Å². The van der Waals surface area contributed by atoms with Gasteiger partial charge in [0.25, 0.3) is 0 Å². The lowest BCUT2D eigenvalue weighted by atomic mass is 10.4. The number of nitrogens with one attached hydrogen (secondary N) is 2. The van der Waals surface area contributed by atoms with E-state index < -0.39 is 0 Å². The second-order valence-corrected chi connectivity index (χ2v) is 5.61. The summed E-state index contributed by atoms with van der Waals surface area (Å²) in [6.45, 7) is 6.91. The average molecular weight is 298 g/mol. The summed E-state index contributed by atoms with van der Waals surface area (Å²) in [6.07, 6.45) is 0. The Morgan fingerprint density at radius 1 is 1.15 bits per heavy atom. The van der Waals surface area contributed by atoms with Crippen LogP contribution in [0.2, 0.25) is 0 Å². The van der Waals surface area contributed by atoms with Gasteiger partial charge in [-0.2, -0.15) is 26.7 Å². The van der Waals surface area contributed by atoms with E-state index in [1.165, 1.54) is 11.5 Å². The molecular weight excluding hydrogens is 276 g/mol. The van der Waals surface area contributed by atoms with Crippen LogP contribution in [0.25, 0.3) is 0 Å². The fourth-order valence-electron chi connectivity index (χ4n) is 1.91. The predicted octanol–water partition coefficient (Wildman–Crippen LogP) is 0.773. The van der Waals surface area contributed by atoms with Crippen molar-refractivity contribution in [1.29, 1.82) is 0 Å². The SMILES string of the molecule is CCNc1nc(NCCN2CCSCC2)nc(OC)n1. The van der Waals surface area contributed by atoms with Crippen molar-refractivity contribution in [2.45, 2.75) is 6.92 Å². The number of anilines is 2. The third-order valence-electron chi connectivity index (χ3n) is 2.95. The molecule has 20 heavy (non-hydrogen) atoms. The molecule has 2 N–H and O–H groups in total. The van der Waals surface area contributed by atoms with Gasteiger partial charge < -0.3 is 15.4 Å². The number of nitrogens with zero attached hydrogens (tertiary/aromatic N) is 4. The number of ether oxygens (including phenoxy) is 1. The Bertz CT molecular complexity index is 413. The van der Waals surface area contributed by atoms with Gasteiger partial charge in [-0.15, -0.1) is 0 Å². The Labute approximate surface area is 123 Å². The first kappa shape index (κ1) is 15.1. The summed E-state index contributed by atoms with van der Waals surface area (Å²) in [4.78, 5) is 15.1. The van der Waals surface area contributed by atoms with Crippen LogP contribution in [0, 0.1) is 0 Å². The summed E-state index contributed by atoms with van der Waals surface area (Å²) in [5.41, 5.74) is 0. The Hall–Kier alpha value is -1.28. The molecule has 1 fully saturated rings. The lowest BCUT2D eigenvalue weighted by molar-refractivity contribution is 0.314. The van der Waals surface area contributed by atoms with Gasteiger partial charge in [0.15, 0.2) is 0 Å². The zero-order valence-electron chi connectivity index (χ0n) is 12.1. The Morgan fingerprint density at radius 3 is 2.50 bits per heavy atom. The van der Waals surface area contributed by atoms with Crippen molar-refractivity contribution in [2.75, 3.05) is 62.0 Å². The van der Waals surface area contributed by atoms with E-state index in [1.54, 1.807) is 7.11 Å². The molecule has 0 spiro atoms. The lowest BCUT2D eigenvalue weighted by Crippen LogP contribution is -2.36. The van der Waals surface area contributed by atoms with E-state index >= 15 is 0 Å². The van der Waals surface area contributed by atoms with Gasteiger partial charge in [0.05, 0.1) is 7.11 Å². The van der Waals surface area contributed by atoms with Gasteiger partial charge in [0, 0.05) is 44.2 Å². The lowest BCUT2D eigenvalue weighted by Gasteiger charge is -2.25. The number of aromatic nitrogens is 3. The van der Waals surface area contributed by atoms with Gasteiger partial charge in [-0.1, -0.05) is 0 Å². The highest BCUT2D eigenvalue weighted by atomic mass is 32.2. The van der Waals surface area contributed by atoms with E-state index in [0.29, 0.717) is 17.9 Å². The summed E-state index contributed by atoms with van der Waals surface area (Å²) in [5.74, 6) is 3.55. The molecule has 1 aliphatic rings. The van der Waals surface area contributed by atoms with Crippen molar-refractivity contribution < 1.29 is 4.74 Å². The molecule has 0 atom stereocenters. The van der Waals surface area contributed by atoms with E-state index in [9.17, 15) is 0 Å². The molecule has 1 aliphatic heterocycles. The topological polar surface area (TPSA) is 75.2 Å². The van der Waals surface area contributed by atoms with Crippen molar-refractivity contribution in [2.24, 2.45) is 0 Å². The van der Waals surface area contributed by atoms with Crippen LogP contribution in [0.15, 0.2) is 0 Å². The monoisotopic (exact) mass is 298 g/mol. The highest BCUT2D eigenvalue weighted by Crippen LogP contribution is 2.11. The summed E-state index contributed by atoms with van der Waals surface area (Å²) >= 11 is 2.02. The van der Waals surface area contributed by atoms with Crippen molar-refractivity contribution in [3.8, 4) is 6.01 Å². The summed E-state index contributed by atoms with van der Waals surface area (Å²) in [7, 11) is 1.56. The molecule has 7 nitrogen and oxygen atoms in total. The number of hydrogen-bond donors (Lipinski definition) is 2. The zero-order chi connectivity index (χ0) is 14.2. The predicted molar refractivity (Wildman–Crippen MR) is 82.8 cm³/mol. The molecule has 1 saturated heterocycles. The number of thioether (sulfide) groups is 1. The van der Waals surface area contributed by atoms with E-state index in [1.807, 2.05) is 18.7 Å². The van der Waals surface area contributed by atoms with Crippen molar-refractivity contribution in [3.05, 3.63) is 0 Å². The Balaban J connectivity index is 1.85. The van der Waals surface area contributed by atoms with Crippen LogP contribution in [0.3, 0.4) is 0 Å². The molecule has 8 heteroatoms. The summed E-state index contributed by atoms with van der Waals surface area (Å²) in [6, 6.07) is 0.327. The maximum absolute atomic E-state index is 5.08. The second-order valence-electron chi connectivity index (χ2n) is 4.38. The molecular formula is C12H22N6OS. The first-order valence-corrected chi connectivity index (χ1v) is 8.05. The van der Waals surface area contributed by atoms with Gasteiger partial charge in [0.2, 0.25) is 11.9 Å². The molecule has 2 heterocycles. The smallest absolute Gasteiger partial charge is 0.322 e. The van der Waals surface area contributed by atoms with Crippen molar-refractivity contribution >= 4 is 23.7 Å². The van der Waals surface area contributed by atoms with Crippen LogP contribution in [-0.4, -0.2) is 71.2 Å². The molecule has 0 radical (unpaired) electrons. The fourth-order valence-corrected chi connectivity index (χ4v) is 2.89. The minimum Gasteiger partial charge on any atom is -0.467 e. The minimum atomic E-state index is 0.327. The Kier molecular flexibility index (Phi) is 6.13. The molecule has 0 bridgehead atoms. The number of rotatable bonds is 7. The maximum atomic E-state index is 5.08. The molecule has 2 rings (SSSR count). The standard InChI is InChI=1S/C12H22N6OS/c1-3-13-10-15-11(17-12(16-10)19-2)14-4-5-18-6-8-20-9-7-18/h3-9H2,1-2H3,(H2,13,14,15,16,17). The van der Waals surface area contributed by atoms with E-state index in [4.69, 9.17) is 4.74 Å².